The fraction of sp³-hybridized carbons (Fsp3) is 0.500. The summed E-state index contributed by atoms with van der Waals surface area (Å²) < 4.78 is 5.50. The van der Waals surface area contributed by atoms with Crippen molar-refractivity contribution in [1.82, 2.24) is 10.3 Å². The van der Waals surface area contributed by atoms with Crippen molar-refractivity contribution in [2.24, 2.45) is 5.92 Å². The van der Waals surface area contributed by atoms with Gasteiger partial charge in [-0.05, 0) is 43.2 Å². The SMILES string of the molecule is O=C(NCC1CN(c2ccc(N3CCN(c4ccc([N+](=O)[O-])cn4)CC3)cc2)C(=O)O1)C1CCCCC1. The smallest absolute Gasteiger partial charge is 0.414 e. The van der Waals surface area contributed by atoms with Gasteiger partial charge >= 0.3 is 6.09 Å². The third kappa shape index (κ3) is 5.76. The summed E-state index contributed by atoms with van der Waals surface area (Å²) in [5, 5.41) is 13.8. The average Bonchev–Trinajstić information content (AvgIpc) is 3.32. The molecule has 11 nitrogen and oxygen atoms in total. The Bertz CT molecular complexity index is 1110. The number of anilines is 3. The molecule has 2 amide bonds. The van der Waals surface area contributed by atoms with Crippen LogP contribution in [0.1, 0.15) is 32.1 Å². The van der Waals surface area contributed by atoms with Crippen LogP contribution in [-0.2, 0) is 9.53 Å². The van der Waals surface area contributed by atoms with E-state index < -0.39 is 11.0 Å². The van der Waals surface area contributed by atoms with Crippen LogP contribution in [0.2, 0.25) is 0 Å². The normalized spacial score (nSPS) is 20.6. The highest BCUT2D eigenvalue weighted by atomic mass is 16.6. The number of nitrogens with one attached hydrogen (secondary N) is 1. The molecule has 2 aromatic rings. The first kappa shape index (κ1) is 24.8. The van der Waals surface area contributed by atoms with E-state index in [4.69, 9.17) is 4.74 Å². The van der Waals surface area contributed by atoms with Crippen LogP contribution in [0.5, 0.6) is 0 Å². The van der Waals surface area contributed by atoms with Crippen LogP contribution in [0.3, 0.4) is 0 Å². The minimum absolute atomic E-state index is 0.0140. The molecule has 3 fully saturated rings. The molecular weight excluding hydrogens is 476 g/mol. The number of hydrogen-bond acceptors (Lipinski definition) is 8. The van der Waals surface area contributed by atoms with Gasteiger partial charge in [0.05, 0.1) is 18.0 Å². The van der Waals surface area contributed by atoms with Gasteiger partial charge in [0.2, 0.25) is 5.91 Å². The van der Waals surface area contributed by atoms with Crippen LogP contribution in [0.25, 0.3) is 0 Å². The highest BCUT2D eigenvalue weighted by molar-refractivity contribution is 5.90. The van der Waals surface area contributed by atoms with Gasteiger partial charge in [0.1, 0.15) is 18.1 Å². The molecule has 1 saturated carbocycles. The molecule has 3 heterocycles. The zero-order valence-corrected chi connectivity index (χ0v) is 20.8. The molecule has 11 heteroatoms. The molecule has 1 aliphatic carbocycles. The van der Waals surface area contributed by atoms with E-state index in [1.807, 2.05) is 24.3 Å². The van der Waals surface area contributed by atoms with Crippen molar-refractivity contribution >= 4 is 34.9 Å². The molecule has 1 aromatic heterocycles. The molecule has 1 aromatic carbocycles. The van der Waals surface area contributed by atoms with Crippen molar-refractivity contribution in [2.75, 3.05) is 54.0 Å². The van der Waals surface area contributed by atoms with Crippen LogP contribution in [-0.4, -0.2) is 67.3 Å². The lowest BCUT2D eigenvalue weighted by molar-refractivity contribution is -0.385. The summed E-state index contributed by atoms with van der Waals surface area (Å²) in [5.41, 5.74) is 1.81. The quantitative estimate of drug-likeness (QED) is 0.447. The summed E-state index contributed by atoms with van der Waals surface area (Å²) in [4.78, 5) is 45.5. The van der Waals surface area contributed by atoms with Crippen LogP contribution in [0, 0.1) is 16.0 Å². The lowest BCUT2D eigenvalue weighted by Crippen LogP contribution is -2.46. The van der Waals surface area contributed by atoms with E-state index in [0.717, 1.165) is 69.1 Å². The topological polar surface area (TPSA) is 121 Å². The number of amides is 2. The lowest BCUT2D eigenvalue weighted by atomic mass is 9.88. The molecule has 2 aliphatic heterocycles. The Morgan fingerprint density at radius 2 is 1.68 bits per heavy atom. The van der Waals surface area contributed by atoms with Crippen LogP contribution >= 0.6 is 0 Å². The number of aromatic nitrogens is 1. The first-order chi connectivity index (χ1) is 18.0. The zero-order chi connectivity index (χ0) is 25.8. The molecule has 1 unspecified atom stereocenters. The van der Waals surface area contributed by atoms with E-state index in [1.165, 1.54) is 18.7 Å². The van der Waals surface area contributed by atoms with Crippen LogP contribution in [0.4, 0.5) is 27.7 Å². The van der Waals surface area contributed by atoms with E-state index in [2.05, 4.69) is 20.1 Å². The highest BCUT2D eigenvalue weighted by Gasteiger charge is 2.33. The van der Waals surface area contributed by atoms with Crippen molar-refractivity contribution in [3.63, 3.8) is 0 Å². The summed E-state index contributed by atoms with van der Waals surface area (Å²) in [6.07, 6.45) is 5.83. The van der Waals surface area contributed by atoms with Crippen LogP contribution in [0.15, 0.2) is 42.6 Å². The van der Waals surface area contributed by atoms with Crippen molar-refractivity contribution in [2.45, 2.75) is 38.2 Å². The van der Waals surface area contributed by atoms with Gasteiger partial charge < -0.3 is 19.9 Å². The summed E-state index contributed by atoms with van der Waals surface area (Å²) >= 11 is 0. The standard InChI is InChI=1S/C26H32N6O5/c33-25(19-4-2-1-3-5-19)28-17-23-18-31(26(34)37-23)21-8-6-20(7-9-21)29-12-14-30(15-13-29)24-11-10-22(16-27-24)32(35)36/h6-11,16,19,23H,1-5,12-15,17-18H2,(H,28,33). The Kier molecular flexibility index (Phi) is 7.38. The Balaban J connectivity index is 1.11. The summed E-state index contributed by atoms with van der Waals surface area (Å²) in [6.45, 7) is 3.81. The van der Waals surface area contributed by atoms with E-state index >= 15 is 0 Å². The number of benzene rings is 1. The first-order valence-electron chi connectivity index (χ1n) is 12.9. The molecule has 37 heavy (non-hydrogen) atoms. The predicted molar refractivity (Wildman–Crippen MR) is 139 cm³/mol. The largest absolute Gasteiger partial charge is 0.442 e. The third-order valence-corrected chi connectivity index (χ3v) is 7.43. The van der Waals surface area contributed by atoms with Crippen LogP contribution < -0.4 is 20.0 Å². The number of carbonyl (C=O) groups excluding carboxylic acids is 2. The summed E-state index contributed by atoms with van der Waals surface area (Å²) in [5.74, 6) is 0.891. The fourth-order valence-corrected chi connectivity index (χ4v) is 5.27. The summed E-state index contributed by atoms with van der Waals surface area (Å²) in [6, 6.07) is 11.0. The Morgan fingerprint density at radius 3 is 2.32 bits per heavy atom. The zero-order valence-electron chi connectivity index (χ0n) is 20.8. The second-order valence-electron chi connectivity index (χ2n) is 9.82. The number of carbonyl (C=O) groups is 2. The number of pyridine rings is 1. The van der Waals surface area contributed by atoms with Crippen molar-refractivity contribution in [3.05, 3.63) is 52.7 Å². The van der Waals surface area contributed by atoms with Gasteiger partial charge in [-0.25, -0.2) is 9.78 Å². The molecule has 0 radical (unpaired) electrons. The number of piperazine rings is 1. The Hall–Kier alpha value is -3.89. The fourth-order valence-electron chi connectivity index (χ4n) is 5.27. The van der Waals surface area contributed by atoms with Gasteiger partial charge in [0, 0.05) is 49.5 Å². The van der Waals surface area contributed by atoms with Crippen molar-refractivity contribution in [1.29, 1.82) is 0 Å². The van der Waals surface area contributed by atoms with Gasteiger partial charge in [-0.15, -0.1) is 0 Å². The number of cyclic esters (lactones) is 1. The molecule has 196 valence electrons. The lowest BCUT2D eigenvalue weighted by Gasteiger charge is -2.36. The molecule has 1 atom stereocenters. The molecule has 1 N–H and O–H groups in total. The maximum absolute atomic E-state index is 12.5. The number of rotatable bonds is 7. The maximum Gasteiger partial charge on any atom is 0.414 e. The number of ether oxygens (including phenoxy) is 1. The first-order valence-corrected chi connectivity index (χ1v) is 12.9. The minimum atomic E-state index is -0.448. The average molecular weight is 509 g/mol. The molecule has 3 aliphatic rings. The number of nitrogens with zero attached hydrogens (tertiary/aromatic N) is 5. The molecule has 0 bridgehead atoms. The Morgan fingerprint density at radius 1 is 1.00 bits per heavy atom. The van der Waals surface area contributed by atoms with E-state index in [-0.39, 0.29) is 23.6 Å². The van der Waals surface area contributed by atoms with Gasteiger partial charge in [-0.3, -0.25) is 19.8 Å². The monoisotopic (exact) mass is 508 g/mol. The predicted octanol–water partition coefficient (Wildman–Crippen LogP) is 3.34. The molecule has 2 saturated heterocycles. The van der Waals surface area contributed by atoms with Gasteiger partial charge in [-0.2, -0.15) is 0 Å². The molecule has 5 rings (SSSR count). The van der Waals surface area contributed by atoms with Gasteiger partial charge in [0.25, 0.3) is 5.69 Å². The second kappa shape index (κ2) is 11.0. The van der Waals surface area contributed by atoms with E-state index in [9.17, 15) is 19.7 Å². The third-order valence-electron chi connectivity index (χ3n) is 7.43. The van der Waals surface area contributed by atoms with E-state index in [0.29, 0.717) is 13.1 Å². The second-order valence-corrected chi connectivity index (χ2v) is 9.82. The molecule has 0 spiro atoms. The maximum atomic E-state index is 12.5. The van der Waals surface area contributed by atoms with E-state index in [1.54, 1.807) is 11.0 Å². The molecular formula is C26H32N6O5. The van der Waals surface area contributed by atoms with Crippen molar-refractivity contribution < 1.29 is 19.2 Å². The van der Waals surface area contributed by atoms with Crippen molar-refractivity contribution in [3.8, 4) is 0 Å². The minimum Gasteiger partial charge on any atom is -0.442 e. The Labute approximate surface area is 215 Å². The highest BCUT2D eigenvalue weighted by Crippen LogP contribution is 2.27. The summed E-state index contributed by atoms with van der Waals surface area (Å²) in [7, 11) is 0. The number of nitro groups is 1. The number of hydrogen-bond donors (Lipinski definition) is 1. The van der Waals surface area contributed by atoms with Gasteiger partial charge in [-0.1, -0.05) is 19.3 Å². The van der Waals surface area contributed by atoms with Gasteiger partial charge in [0.15, 0.2) is 0 Å².